The van der Waals surface area contributed by atoms with Gasteiger partial charge in [-0.2, -0.15) is 5.10 Å². The Hall–Kier alpha value is -3.81. The molecule has 3 rings (SSSR count). The molecule has 0 saturated heterocycles. The number of nitrogens with zero attached hydrogens (tertiary/aromatic N) is 1. The Labute approximate surface area is 168 Å². The molecular weight excluding hydrogens is 370 g/mol. The van der Waals surface area contributed by atoms with E-state index in [0.29, 0.717) is 30.2 Å². The fraction of sp³-hybridized carbons (Fsp3) is 0.190. The maximum atomic E-state index is 12.5. The number of carbonyl (C=O) groups excluding carboxylic acids is 2. The van der Waals surface area contributed by atoms with Gasteiger partial charge in [0.15, 0.2) is 0 Å². The number of anilines is 2. The second-order valence-corrected chi connectivity index (χ2v) is 6.19. The maximum absolute atomic E-state index is 12.5. The van der Waals surface area contributed by atoms with Crippen LogP contribution in [0.15, 0.2) is 60.8 Å². The van der Waals surface area contributed by atoms with E-state index in [1.165, 1.54) is 6.20 Å². The molecule has 8 nitrogen and oxygen atoms in total. The Morgan fingerprint density at radius 2 is 1.83 bits per heavy atom. The van der Waals surface area contributed by atoms with E-state index in [1.807, 2.05) is 37.3 Å². The summed E-state index contributed by atoms with van der Waals surface area (Å²) in [6, 6.07) is 16.7. The Kier molecular flexibility index (Phi) is 6.83. The van der Waals surface area contributed by atoms with Crippen LogP contribution in [0.3, 0.4) is 0 Å². The number of rotatable bonds is 9. The van der Waals surface area contributed by atoms with Crippen LogP contribution in [0.2, 0.25) is 0 Å². The molecule has 0 fully saturated rings. The van der Waals surface area contributed by atoms with E-state index in [0.717, 1.165) is 11.3 Å². The number of hydrogen-bond acceptors (Lipinski definition) is 5. The van der Waals surface area contributed by atoms with Gasteiger partial charge in [0.1, 0.15) is 17.1 Å². The van der Waals surface area contributed by atoms with E-state index in [1.54, 1.807) is 24.3 Å². The van der Waals surface area contributed by atoms with Crippen LogP contribution < -0.4 is 20.7 Å². The number of H-pyrrole nitrogens is 1. The molecule has 0 atom stereocenters. The zero-order valence-corrected chi connectivity index (χ0v) is 16.1. The molecule has 0 aliphatic rings. The van der Waals surface area contributed by atoms with Crippen LogP contribution in [0.5, 0.6) is 5.75 Å². The molecule has 150 valence electrons. The molecule has 0 aliphatic carbocycles. The van der Waals surface area contributed by atoms with Crippen molar-refractivity contribution in [2.45, 2.75) is 13.5 Å². The minimum atomic E-state index is -0.338. The molecule has 4 N–H and O–H groups in total. The molecule has 1 aromatic heterocycles. The number of carbonyl (C=O) groups is 2. The molecule has 2 amide bonds. The first-order valence-electron chi connectivity index (χ1n) is 9.27. The smallest absolute Gasteiger partial charge is 0.261 e. The number of nitrogens with one attached hydrogen (secondary N) is 4. The third-order valence-corrected chi connectivity index (χ3v) is 4.07. The van der Waals surface area contributed by atoms with Gasteiger partial charge in [-0.15, -0.1) is 0 Å². The lowest BCUT2D eigenvalue weighted by molar-refractivity contribution is -0.119. The summed E-state index contributed by atoms with van der Waals surface area (Å²) in [6.07, 6.45) is 1.41. The van der Waals surface area contributed by atoms with Crippen LogP contribution >= 0.6 is 0 Å². The van der Waals surface area contributed by atoms with Crippen molar-refractivity contribution < 1.29 is 14.3 Å². The van der Waals surface area contributed by atoms with Gasteiger partial charge in [-0.1, -0.05) is 30.3 Å². The summed E-state index contributed by atoms with van der Waals surface area (Å²) in [6.45, 7) is 2.94. The minimum absolute atomic E-state index is 0.0123. The molecule has 1 heterocycles. The monoisotopic (exact) mass is 393 g/mol. The highest BCUT2D eigenvalue weighted by Gasteiger charge is 2.15. The predicted molar refractivity (Wildman–Crippen MR) is 111 cm³/mol. The fourth-order valence-electron chi connectivity index (χ4n) is 2.62. The van der Waals surface area contributed by atoms with Gasteiger partial charge in [-0.05, 0) is 36.8 Å². The molecule has 0 unspecified atom stereocenters. The van der Waals surface area contributed by atoms with Gasteiger partial charge < -0.3 is 20.7 Å². The van der Waals surface area contributed by atoms with Crippen molar-refractivity contribution >= 4 is 23.3 Å². The number of benzene rings is 2. The van der Waals surface area contributed by atoms with Crippen LogP contribution in [0.1, 0.15) is 22.8 Å². The minimum Gasteiger partial charge on any atom is -0.494 e. The van der Waals surface area contributed by atoms with Crippen LogP contribution in [-0.2, 0) is 11.3 Å². The zero-order chi connectivity index (χ0) is 20.5. The van der Waals surface area contributed by atoms with Crippen molar-refractivity contribution in [2.24, 2.45) is 0 Å². The van der Waals surface area contributed by atoms with E-state index in [2.05, 4.69) is 26.1 Å². The summed E-state index contributed by atoms with van der Waals surface area (Å²) in [4.78, 5) is 24.6. The first kappa shape index (κ1) is 19.9. The average Bonchev–Trinajstić information content (AvgIpc) is 3.22. The number of aromatic amines is 1. The molecule has 0 spiro atoms. The van der Waals surface area contributed by atoms with E-state index in [9.17, 15) is 9.59 Å². The summed E-state index contributed by atoms with van der Waals surface area (Å²) in [7, 11) is 0. The Balaban J connectivity index is 1.51. The van der Waals surface area contributed by atoms with Gasteiger partial charge in [-0.25, -0.2) is 0 Å². The third-order valence-electron chi connectivity index (χ3n) is 4.07. The Morgan fingerprint density at radius 3 is 2.55 bits per heavy atom. The number of hydrogen-bond donors (Lipinski definition) is 4. The molecule has 3 aromatic rings. The molecule has 0 aliphatic heterocycles. The first-order chi connectivity index (χ1) is 14.2. The molecule has 0 radical (unpaired) electrons. The van der Waals surface area contributed by atoms with Gasteiger partial charge in [0.25, 0.3) is 5.91 Å². The van der Waals surface area contributed by atoms with Crippen molar-refractivity contribution in [1.29, 1.82) is 0 Å². The molecule has 2 aromatic carbocycles. The zero-order valence-electron chi connectivity index (χ0n) is 16.1. The molecule has 29 heavy (non-hydrogen) atoms. The van der Waals surface area contributed by atoms with E-state index in [4.69, 9.17) is 4.74 Å². The van der Waals surface area contributed by atoms with E-state index >= 15 is 0 Å². The summed E-state index contributed by atoms with van der Waals surface area (Å²) in [5.74, 6) is 0.581. The lowest BCUT2D eigenvalue weighted by Crippen LogP contribution is -2.30. The normalized spacial score (nSPS) is 10.2. The van der Waals surface area contributed by atoms with E-state index in [-0.39, 0.29) is 18.4 Å². The quantitative estimate of drug-likeness (QED) is 0.447. The van der Waals surface area contributed by atoms with Gasteiger partial charge >= 0.3 is 0 Å². The van der Waals surface area contributed by atoms with Gasteiger partial charge in [0.05, 0.1) is 19.3 Å². The standard InChI is InChI=1S/C21H23N5O3/c1-2-29-17-10-8-16(9-11-17)25-21(28)18-13-24-26-20(18)23-14-19(27)22-12-15-6-4-3-5-7-15/h3-11,13H,2,12,14H2,1H3,(H,22,27)(H,25,28)(H2,23,24,26). The van der Waals surface area contributed by atoms with Crippen LogP contribution in [0.25, 0.3) is 0 Å². The van der Waals surface area contributed by atoms with Crippen molar-refractivity contribution in [3.05, 3.63) is 71.9 Å². The topological polar surface area (TPSA) is 108 Å². The van der Waals surface area contributed by atoms with Crippen molar-refractivity contribution in [3.8, 4) is 5.75 Å². The van der Waals surface area contributed by atoms with Gasteiger partial charge in [0, 0.05) is 12.2 Å². The predicted octanol–water partition coefficient (Wildman–Crippen LogP) is 2.79. The van der Waals surface area contributed by atoms with Crippen molar-refractivity contribution in [2.75, 3.05) is 23.8 Å². The highest BCUT2D eigenvalue weighted by Crippen LogP contribution is 2.18. The molecule has 0 bridgehead atoms. The van der Waals surface area contributed by atoms with Gasteiger partial charge in [-0.3, -0.25) is 14.7 Å². The largest absolute Gasteiger partial charge is 0.494 e. The third kappa shape index (κ3) is 5.83. The van der Waals surface area contributed by atoms with Gasteiger partial charge in [0.2, 0.25) is 5.91 Å². The van der Waals surface area contributed by atoms with Crippen LogP contribution in [0, 0.1) is 0 Å². The highest BCUT2D eigenvalue weighted by molar-refractivity contribution is 6.07. The lowest BCUT2D eigenvalue weighted by atomic mass is 10.2. The average molecular weight is 393 g/mol. The number of aromatic nitrogens is 2. The summed E-state index contributed by atoms with van der Waals surface area (Å²) >= 11 is 0. The first-order valence-corrected chi connectivity index (χ1v) is 9.27. The summed E-state index contributed by atoms with van der Waals surface area (Å²) in [5.41, 5.74) is 1.96. The Bertz CT molecular complexity index is 938. The number of ether oxygens (including phenoxy) is 1. The Morgan fingerprint density at radius 1 is 1.07 bits per heavy atom. The number of amides is 2. The van der Waals surface area contributed by atoms with Crippen LogP contribution in [-0.4, -0.2) is 35.2 Å². The maximum Gasteiger partial charge on any atom is 0.261 e. The second-order valence-electron chi connectivity index (χ2n) is 6.19. The summed E-state index contributed by atoms with van der Waals surface area (Å²) in [5, 5.41) is 15.1. The summed E-state index contributed by atoms with van der Waals surface area (Å²) < 4.78 is 5.38. The van der Waals surface area contributed by atoms with Crippen LogP contribution in [0.4, 0.5) is 11.5 Å². The molecule has 0 saturated carbocycles. The second kappa shape index (κ2) is 9.93. The van der Waals surface area contributed by atoms with Crippen molar-refractivity contribution in [3.63, 3.8) is 0 Å². The SMILES string of the molecule is CCOc1ccc(NC(=O)c2cn[nH]c2NCC(=O)NCc2ccccc2)cc1. The molecular formula is C21H23N5O3. The van der Waals surface area contributed by atoms with E-state index < -0.39 is 0 Å². The van der Waals surface area contributed by atoms with Crippen molar-refractivity contribution in [1.82, 2.24) is 15.5 Å². The fourth-order valence-corrected chi connectivity index (χ4v) is 2.62. The highest BCUT2D eigenvalue weighted by atomic mass is 16.5. The molecule has 8 heteroatoms. The lowest BCUT2D eigenvalue weighted by Gasteiger charge is -2.09.